The van der Waals surface area contributed by atoms with Crippen LogP contribution >= 0.6 is 0 Å². The highest BCUT2D eigenvalue weighted by Gasteiger charge is 2.07. The summed E-state index contributed by atoms with van der Waals surface area (Å²) in [6.07, 6.45) is 1.65. The molecule has 5 N–H and O–H groups in total. The van der Waals surface area contributed by atoms with Gasteiger partial charge in [0.15, 0.2) is 5.82 Å². The number of aromatic amines is 1. The maximum atomic E-state index is 11.4. The van der Waals surface area contributed by atoms with Gasteiger partial charge in [-0.25, -0.2) is 0 Å². The van der Waals surface area contributed by atoms with Gasteiger partial charge in [-0.2, -0.15) is 4.98 Å². The number of H-pyrrole nitrogens is 1. The van der Waals surface area contributed by atoms with E-state index in [1.54, 1.807) is 13.1 Å². The molecule has 0 aromatic carbocycles. The predicted octanol–water partition coefficient (Wildman–Crippen LogP) is -0.00830. The average molecular weight is 195 g/mol. The zero-order chi connectivity index (χ0) is 10.6. The first kappa shape index (κ1) is 10.1. The van der Waals surface area contributed by atoms with Crippen LogP contribution in [0.15, 0.2) is 17.4 Å². The minimum atomic E-state index is -0.302. The van der Waals surface area contributed by atoms with E-state index in [-0.39, 0.29) is 11.5 Å². The standard InChI is InChI=1S/C8H13N5O/c1-3-4-11-5-6(10-2)12-8(9)13-7(5)14/h3,11H,1,4H2,2H3,(H4,9,10,12,13,14). The van der Waals surface area contributed by atoms with Crippen LogP contribution in [0.25, 0.3) is 0 Å². The SMILES string of the molecule is C=CCNc1c(NC)nc(N)[nH]c1=O. The summed E-state index contributed by atoms with van der Waals surface area (Å²) in [5, 5.41) is 5.65. The molecule has 0 spiro atoms. The van der Waals surface area contributed by atoms with E-state index in [0.29, 0.717) is 18.1 Å². The van der Waals surface area contributed by atoms with Crippen molar-refractivity contribution in [1.29, 1.82) is 0 Å². The lowest BCUT2D eigenvalue weighted by atomic mass is 10.4. The fourth-order valence-electron chi connectivity index (χ4n) is 1.01. The van der Waals surface area contributed by atoms with E-state index in [1.807, 2.05) is 0 Å². The predicted molar refractivity (Wildman–Crippen MR) is 57.5 cm³/mol. The van der Waals surface area contributed by atoms with Crippen LogP contribution in [0.2, 0.25) is 0 Å². The second-order valence-corrected chi connectivity index (χ2v) is 2.59. The molecule has 76 valence electrons. The number of nitrogens with one attached hydrogen (secondary N) is 3. The van der Waals surface area contributed by atoms with Gasteiger partial charge in [0.25, 0.3) is 5.56 Å². The number of nitrogens with two attached hydrogens (primary N) is 1. The van der Waals surface area contributed by atoms with Gasteiger partial charge in [0, 0.05) is 13.6 Å². The Hall–Kier alpha value is -1.98. The molecule has 0 aliphatic rings. The first-order valence-electron chi connectivity index (χ1n) is 4.11. The zero-order valence-electron chi connectivity index (χ0n) is 7.92. The van der Waals surface area contributed by atoms with Gasteiger partial charge in [-0.3, -0.25) is 9.78 Å². The van der Waals surface area contributed by atoms with Crippen LogP contribution in [0.3, 0.4) is 0 Å². The van der Waals surface area contributed by atoms with Crippen molar-refractivity contribution < 1.29 is 0 Å². The Kier molecular flexibility index (Phi) is 3.11. The molecule has 1 aromatic rings. The third-order valence-electron chi connectivity index (χ3n) is 1.60. The summed E-state index contributed by atoms with van der Waals surface area (Å²) in [5.41, 5.74) is 5.44. The van der Waals surface area contributed by atoms with Crippen LogP contribution < -0.4 is 21.9 Å². The summed E-state index contributed by atoms with van der Waals surface area (Å²) in [6, 6.07) is 0. The monoisotopic (exact) mass is 195 g/mol. The first-order valence-corrected chi connectivity index (χ1v) is 4.11. The number of rotatable bonds is 4. The highest BCUT2D eigenvalue weighted by Crippen LogP contribution is 2.12. The minimum Gasteiger partial charge on any atom is -0.374 e. The van der Waals surface area contributed by atoms with E-state index in [0.717, 1.165) is 0 Å². The number of anilines is 3. The Labute approximate surface area is 81.2 Å². The first-order chi connectivity index (χ1) is 6.69. The largest absolute Gasteiger partial charge is 0.374 e. The number of nitrogen functional groups attached to an aromatic ring is 1. The third-order valence-corrected chi connectivity index (χ3v) is 1.60. The van der Waals surface area contributed by atoms with Crippen molar-refractivity contribution in [1.82, 2.24) is 9.97 Å². The molecule has 0 saturated heterocycles. The van der Waals surface area contributed by atoms with Crippen molar-refractivity contribution in [2.45, 2.75) is 0 Å². The molecular formula is C8H13N5O. The summed E-state index contributed by atoms with van der Waals surface area (Å²) in [6.45, 7) is 4.03. The Morgan fingerprint density at radius 3 is 3.00 bits per heavy atom. The van der Waals surface area contributed by atoms with Gasteiger partial charge >= 0.3 is 0 Å². The maximum Gasteiger partial charge on any atom is 0.277 e. The summed E-state index contributed by atoms with van der Waals surface area (Å²) in [7, 11) is 1.67. The van der Waals surface area contributed by atoms with Crippen LogP contribution in [0.4, 0.5) is 17.5 Å². The van der Waals surface area contributed by atoms with Crippen molar-refractivity contribution in [3.63, 3.8) is 0 Å². The van der Waals surface area contributed by atoms with Gasteiger partial charge < -0.3 is 16.4 Å². The Bertz CT molecular complexity index is 384. The van der Waals surface area contributed by atoms with Crippen molar-refractivity contribution in [3.8, 4) is 0 Å². The molecule has 0 saturated carbocycles. The molecule has 0 aliphatic carbocycles. The maximum absolute atomic E-state index is 11.4. The zero-order valence-corrected chi connectivity index (χ0v) is 7.92. The molecule has 0 amide bonds. The van der Waals surface area contributed by atoms with Crippen molar-refractivity contribution in [2.75, 3.05) is 30.0 Å². The number of aromatic nitrogens is 2. The molecule has 0 fully saturated rings. The van der Waals surface area contributed by atoms with Crippen LogP contribution in [-0.4, -0.2) is 23.6 Å². The van der Waals surface area contributed by atoms with Crippen LogP contribution in [-0.2, 0) is 0 Å². The molecule has 1 heterocycles. The van der Waals surface area contributed by atoms with Gasteiger partial charge in [0.1, 0.15) is 5.69 Å². The van der Waals surface area contributed by atoms with Crippen LogP contribution in [0, 0.1) is 0 Å². The van der Waals surface area contributed by atoms with Gasteiger partial charge in [0.05, 0.1) is 0 Å². The van der Waals surface area contributed by atoms with Gasteiger partial charge in [-0.1, -0.05) is 6.08 Å². The Balaban J connectivity index is 3.11. The quantitative estimate of drug-likeness (QED) is 0.507. The summed E-state index contributed by atoms with van der Waals surface area (Å²) >= 11 is 0. The third kappa shape index (κ3) is 2.03. The number of hydrogen-bond acceptors (Lipinski definition) is 5. The topological polar surface area (TPSA) is 95.8 Å². The lowest BCUT2D eigenvalue weighted by molar-refractivity contribution is 1.12. The van der Waals surface area contributed by atoms with Crippen molar-refractivity contribution in [2.24, 2.45) is 0 Å². The summed E-state index contributed by atoms with van der Waals surface area (Å²) in [5.74, 6) is 0.511. The summed E-state index contributed by atoms with van der Waals surface area (Å²) < 4.78 is 0. The molecule has 1 rings (SSSR count). The van der Waals surface area contributed by atoms with Crippen LogP contribution in [0.1, 0.15) is 0 Å². The fraction of sp³-hybridized carbons (Fsp3) is 0.250. The van der Waals surface area contributed by atoms with Gasteiger partial charge in [-0.15, -0.1) is 6.58 Å². The lowest BCUT2D eigenvalue weighted by Gasteiger charge is -2.08. The molecule has 6 heteroatoms. The minimum absolute atomic E-state index is 0.0866. The average Bonchev–Trinajstić information content (AvgIpc) is 2.15. The molecule has 6 nitrogen and oxygen atoms in total. The van der Waals surface area contributed by atoms with E-state index in [9.17, 15) is 4.79 Å². The van der Waals surface area contributed by atoms with Gasteiger partial charge in [0.2, 0.25) is 5.95 Å². The molecule has 0 bridgehead atoms. The second-order valence-electron chi connectivity index (χ2n) is 2.59. The molecule has 0 atom stereocenters. The van der Waals surface area contributed by atoms with E-state index in [1.165, 1.54) is 0 Å². The van der Waals surface area contributed by atoms with Crippen LogP contribution in [0.5, 0.6) is 0 Å². The summed E-state index contributed by atoms with van der Waals surface area (Å²) in [4.78, 5) is 17.7. The van der Waals surface area contributed by atoms with E-state index >= 15 is 0 Å². The molecule has 1 aromatic heterocycles. The Morgan fingerprint density at radius 1 is 1.71 bits per heavy atom. The lowest BCUT2D eigenvalue weighted by Crippen LogP contribution is -2.19. The smallest absolute Gasteiger partial charge is 0.277 e. The molecule has 0 radical (unpaired) electrons. The molecule has 0 unspecified atom stereocenters. The van der Waals surface area contributed by atoms with E-state index in [2.05, 4.69) is 27.2 Å². The normalized spacial score (nSPS) is 9.50. The molecular weight excluding hydrogens is 182 g/mol. The highest BCUT2D eigenvalue weighted by molar-refractivity contribution is 5.64. The van der Waals surface area contributed by atoms with Crippen molar-refractivity contribution >= 4 is 17.5 Å². The molecule has 0 aliphatic heterocycles. The second kappa shape index (κ2) is 4.31. The van der Waals surface area contributed by atoms with E-state index < -0.39 is 0 Å². The highest BCUT2D eigenvalue weighted by atomic mass is 16.1. The number of nitrogens with zero attached hydrogens (tertiary/aromatic N) is 1. The van der Waals surface area contributed by atoms with E-state index in [4.69, 9.17) is 5.73 Å². The number of hydrogen-bond donors (Lipinski definition) is 4. The Morgan fingerprint density at radius 2 is 2.43 bits per heavy atom. The fourth-order valence-corrected chi connectivity index (χ4v) is 1.01. The van der Waals surface area contributed by atoms with Gasteiger partial charge in [-0.05, 0) is 0 Å². The van der Waals surface area contributed by atoms with Crippen molar-refractivity contribution in [3.05, 3.63) is 23.0 Å². The molecule has 14 heavy (non-hydrogen) atoms.